The van der Waals surface area contributed by atoms with Gasteiger partial charge in [0, 0.05) is 10.7 Å². The highest BCUT2D eigenvalue weighted by Gasteiger charge is 2.01. The van der Waals surface area contributed by atoms with E-state index in [1.165, 1.54) is 11.9 Å². The molecule has 1 aromatic heterocycles. The second-order valence-corrected chi connectivity index (χ2v) is 3.57. The van der Waals surface area contributed by atoms with E-state index in [1.807, 2.05) is 18.2 Å². The molecule has 0 aliphatic rings. The standard InChI is InChI=1S/C9H6BrClN2.ClH/c10-4-6-1-2-8-7(3-6)9(11)13-5-12-8;/h1-3,5H,4H2;1H. The zero-order valence-corrected chi connectivity index (χ0v) is 10.2. The number of hydrogen-bond acceptors (Lipinski definition) is 2. The molecule has 5 heteroatoms. The molecule has 0 radical (unpaired) electrons. The first-order chi connectivity index (χ1) is 6.31. The Balaban J connectivity index is 0.000000980. The third-order valence-electron chi connectivity index (χ3n) is 1.81. The van der Waals surface area contributed by atoms with Gasteiger partial charge in [-0.15, -0.1) is 12.4 Å². The first kappa shape index (κ1) is 11.7. The van der Waals surface area contributed by atoms with E-state index < -0.39 is 0 Å². The Labute approximate surface area is 101 Å². The number of hydrogen-bond donors (Lipinski definition) is 0. The van der Waals surface area contributed by atoms with Gasteiger partial charge in [0.1, 0.15) is 11.5 Å². The predicted octanol–water partition coefficient (Wildman–Crippen LogP) is 3.60. The zero-order valence-electron chi connectivity index (χ0n) is 7.08. The number of aromatic nitrogens is 2. The molecule has 0 aliphatic heterocycles. The van der Waals surface area contributed by atoms with Crippen LogP contribution in [0.25, 0.3) is 10.9 Å². The van der Waals surface area contributed by atoms with Crippen molar-refractivity contribution in [1.29, 1.82) is 0 Å². The summed E-state index contributed by atoms with van der Waals surface area (Å²) >= 11 is 9.30. The molecule has 0 saturated carbocycles. The molecule has 0 N–H and O–H groups in total. The van der Waals surface area contributed by atoms with Gasteiger partial charge in [0.25, 0.3) is 0 Å². The van der Waals surface area contributed by atoms with E-state index in [4.69, 9.17) is 11.6 Å². The third kappa shape index (κ3) is 2.16. The van der Waals surface area contributed by atoms with E-state index in [0.717, 1.165) is 16.2 Å². The lowest BCUT2D eigenvalue weighted by molar-refractivity contribution is 1.22. The van der Waals surface area contributed by atoms with Crippen LogP contribution >= 0.6 is 39.9 Å². The van der Waals surface area contributed by atoms with E-state index >= 15 is 0 Å². The maximum Gasteiger partial charge on any atom is 0.140 e. The summed E-state index contributed by atoms with van der Waals surface area (Å²) in [7, 11) is 0. The van der Waals surface area contributed by atoms with Gasteiger partial charge in [-0.3, -0.25) is 0 Å². The van der Waals surface area contributed by atoms with Gasteiger partial charge in [-0.2, -0.15) is 0 Å². The molecule has 0 spiro atoms. The van der Waals surface area contributed by atoms with Gasteiger partial charge in [-0.1, -0.05) is 33.6 Å². The van der Waals surface area contributed by atoms with E-state index in [0.29, 0.717) is 5.15 Å². The third-order valence-corrected chi connectivity index (χ3v) is 2.75. The van der Waals surface area contributed by atoms with Gasteiger partial charge in [0.15, 0.2) is 0 Å². The fourth-order valence-corrected chi connectivity index (χ4v) is 1.70. The lowest BCUT2D eigenvalue weighted by atomic mass is 10.2. The number of halogens is 3. The molecule has 0 bridgehead atoms. The normalized spacial score (nSPS) is 9.86. The average Bonchev–Trinajstić information content (AvgIpc) is 2.18. The van der Waals surface area contributed by atoms with Crippen molar-refractivity contribution in [3.05, 3.63) is 35.2 Å². The van der Waals surface area contributed by atoms with E-state index in [9.17, 15) is 0 Å². The summed E-state index contributed by atoms with van der Waals surface area (Å²) in [5, 5.41) is 2.22. The van der Waals surface area contributed by atoms with Gasteiger partial charge in [0.05, 0.1) is 5.52 Å². The minimum absolute atomic E-state index is 0. The van der Waals surface area contributed by atoms with Gasteiger partial charge >= 0.3 is 0 Å². The van der Waals surface area contributed by atoms with Crippen molar-refractivity contribution in [1.82, 2.24) is 9.97 Å². The quantitative estimate of drug-likeness (QED) is 0.593. The molecule has 2 aromatic rings. The Kier molecular flexibility index (Phi) is 4.11. The van der Waals surface area contributed by atoms with Crippen LogP contribution in [-0.2, 0) is 5.33 Å². The number of benzene rings is 1. The summed E-state index contributed by atoms with van der Waals surface area (Å²) in [6.07, 6.45) is 1.47. The number of nitrogens with zero attached hydrogens (tertiary/aromatic N) is 2. The van der Waals surface area contributed by atoms with Crippen molar-refractivity contribution in [2.45, 2.75) is 5.33 Å². The Hall–Kier alpha value is -0.380. The van der Waals surface area contributed by atoms with Crippen LogP contribution in [0.3, 0.4) is 0 Å². The average molecular weight is 294 g/mol. The summed E-state index contributed by atoms with van der Waals surface area (Å²) in [6.45, 7) is 0. The molecular weight excluding hydrogens is 287 g/mol. The second-order valence-electron chi connectivity index (χ2n) is 2.65. The first-order valence-electron chi connectivity index (χ1n) is 3.76. The summed E-state index contributed by atoms with van der Waals surface area (Å²) in [5.41, 5.74) is 2.05. The maximum atomic E-state index is 5.92. The Morgan fingerprint density at radius 3 is 2.79 bits per heavy atom. The number of alkyl halides is 1. The first-order valence-corrected chi connectivity index (χ1v) is 5.26. The largest absolute Gasteiger partial charge is 0.236 e. The molecule has 0 saturated heterocycles. The molecule has 0 fully saturated rings. The Morgan fingerprint density at radius 2 is 2.07 bits per heavy atom. The van der Waals surface area contributed by atoms with Crippen molar-refractivity contribution in [3.8, 4) is 0 Å². The second kappa shape index (κ2) is 4.91. The van der Waals surface area contributed by atoms with E-state index in [2.05, 4.69) is 25.9 Å². The van der Waals surface area contributed by atoms with Crippen LogP contribution in [0, 0.1) is 0 Å². The van der Waals surface area contributed by atoms with Gasteiger partial charge in [-0.25, -0.2) is 9.97 Å². The monoisotopic (exact) mass is 292 g/mol. The summed E-state index contributed by atoms with van der Waals surface area (Å²) in [6, 6.07) is 5.95. The highest BCUT2D eigenvalue weighted by molar-refractivity contribution is 9.08. The van der Waals surface area contributed by atoms with Crippen LogP contribution in [0.2, 0.25) is 5.15 Å². The minimum atomic E-state index is 0. The molecule has 2 nitrogen and oxygen atoms in total. The van der Waals surface area contributed by atoms with Crippen molar-refractivity contribution in [2.24, 2.45) is 0 Å². The van der Waals surface area contributed by atoms with Crippen LogP contribution in [0.15, 0.2) is 24.5 Å². The van der Waals surface area contributed by atoms with Crippen molar-refractivity contribution < 1.29 is 0 Å². The lowest BCUT2D eigenvalue weighted by Crippen LogP contribution is -1.85. The fourth-order valence-electron chi connectivity index (χ4n) is 1.16. The van der Waals surface area contributed by atoms with Gasteiger partial charge in [0.2, 0.25) is 0 Å². The zero-order chi connectivity index (χ0) is 9.26. The molecular formula is C9H7BrCl2N2. The molecule has 1 aromatic carbocycles. The number of rotatable bonds is 1. The summed E-state index contributed by atoms with van der Waals surface area (Å²) < 4.78 is 0. The minimum Gasteiger partial charge on any atom is -0.236 e. The van der Waals surface area contributed by atoms with Crippen LogP contribution in [0.1, 0.15) is 5.56 Å². The highest BCUT2D eigenvalue weighted by Crippen LogP contribution is 2.21. The predicted molar refractivity (Wildman–Crippen MR) is 64.4 cm³/mol. The number of fused-ring (bicyclic) bond motifs is 1. The van der Waals surface area contributed by atoms with Crippen molar-refractivity contribution in [2.75, 3.05) is 0 Å². The Morgan fingerprint density at radius 1 is 1.29 bits per heavy atom. The molecule has 74 valence electrons. The van der Waals surface area contributed by atoms with Crippen molar-refractivity contribution >= 4 is 50.8 Å². The molecule has 1 heterocycles. The maximum absolute atomic E-state index is 5.92. The molecule has 14 heavy (non-hydrogen) atoms. The summed E-state index contributed by atoms with van der Waals surface area (Å²) in [5.74, 6) is 0. The van der Waals surface area contributed by atoms with Crippen LogP contribution in [0.4, 0.5) is 0 Å². The van der Waals surface area contributed by atoms with Crippen LogP contribution in [-0.4, -0.2) is 9.97 Å². The topological polar surface area (TPSA) is 25.8 Å². The molecule has 2 rings (SSSR count). The Bertz CT molecular complexity index is 448. The van der Waals surface area contributed by atoms with Crippen LogP contribution < -0.4 is 0 Å². The SMILES string of the molecule is Cl.Clc1ncnc2ccc(CBr)cc12. The molecule has 0 aliphatic carbocycles. The van der Waals surface area contributed by atoms with E-state index in [1.54, 1.807) is 0 Å². The van der Waals surface area contributed by atoms with Crippen LogP contribution in [0.5, 0.6) is 0 Å². The fraction of sp³-hybridized carbons (Fsp3) is 0.111. The van der Waals surface area contributed by atoms with Gasteiger partial charge < -0.3 is 0 Å². The molecule has 0 amide bonds. The van der Waals surface area contributed by atoms with Gasteiger partial charge in [-0.05, 0) is 17.7 Å². The molecule has 0 atom stereocenters. The summed E-state index contributed by atoms with van der Waals surface area (Å²) in [4.78, 5) is 8.03. The molecule has 0 unspecified atom stereocenters. The lowest BCUT2D eigenvalue weighted by Gasteiger charge is -2.00. The van der Waals surface area contributed by atoms with E-state index in [-0.39, 0.29) is 12.4 Å². The highest BCUT2D eigenvalue weighted by atomic mass is 79.9. The van der Waals surface area contributed by atoms with Crippen molar-refractivity contribution in [3.63, 3.8) is 0 Å². The smallest absolute Gasteiger partial charge is 0.140 e.